The zero-order chi connectivity index (χ0) is 14.2. The standard InChI is InChI=1S/C14H16ClF2NO/c1-8-3-4-18(13(8)7-15)14(19)10-5-9(2)11(16)6-12(10)17/h5-6,8,13H,3-4,7H2,1-2H3. The lowest BCUT2D eigenvalue weighted by Gasteiger charge is -2.25. The van der Waals surface area contributed by atoms with Crippen LogP contribution in [0.25, 0.3) is 0 Å². The Hall–Kier alpha value is -1.16. The van der Waals surface area contributed by atoms with E-state index in [0.717, 1.165) is 12.5 Å². The van der Waals surface area contributed by atoms with Crippen LogP contribution in [-0.4, -0.2) is 29.3 Å². The smallest absolute Gasteiger partial charge is 0.257 e. The van der Waals surface area contributed by atoms with Gasteiger partial charge in [-0.3, -0.25) is 4.79 Å². The molecule has 104 valence electrons. The van der Waals surface area contributed by atoms with Gasteiger partial charge >= 0.3 is 0 Å². The van der Waals surface area contributed by atoms with E-state index in [2.05, 4.69) is 0 Å². The van der Waals surface area contributed by atoms with E-state index in [1.54, 1.807) is 4.90 Å². The number of nitrogens with zero attached hydrogens (tertiary/aromatic N) is 1. The number of benzene rings is 1. The molecule has 0 aliphatic carbocycles. The number of likely N-dealkylation sites (tertiary alicyclic amines) is 1. The van der Waals surface area contributed by atoms with Crippen LogP contribution < -0.4 is 0 Å². The number of hydrogen-bond donors (Lipinski definition) is 0. The van der Waals surface area contributed by atoms with Crippen molar-refractivity contribution in [1.82, 2.24) is 4.90 Å². The first-order chi connectivity index (χ1) is 8.95. The summed E-state index contributed by atoms with van der Waals surface area (Å²) in [5.41, 5.74) is 0.183. The highest BCUT2D eigenvalue weighted by Gasteiger charge is 2.35. The van der Waals surface area contributed by atoms with Crippen LogP contribution >= 0.6 is 11.6 Å². The summed E-state index contributed by atoms with van der Waals surface area (Å²) in [7, 11) is 0. The van der Waals surface area contributed by atoms with Crippen molar-refractivity contribution in [2.45, 2.75) is 26.3 Å². The molecule has 0 bridgehead atoms. The fourth-order valence-corrected chi connectivity index (χ4v) is 2.94. The number of rotatable bonds is 2. The van der Waals surface area contributed by atoms with Crippen LogP contribution in [-0.2, 0) is 0 Å². The van der Waals surface area contributed by atoms with Gasteiger partial charge in [-0.1, -0.05) is 6.92 Å². The average Bonchev–Trinajstić information content (AvgIpc) is 2.74. The second kappa shape index (κ2) is 5.45. The molecular weight excluding hydrogens is 272 g/mol. The maximum atomic E-state index is 13.7. The normalized spacial score (nSPS) is 22.9. The Labute approximate surface area is 116 Å². The fourth-order valence-electron chi connectivity index (χ4n) is 2.47. The van der Waals surface area contributed by atoms with Gasteiger partial charge in [-0.2, -0.15) is 0 Å². The number of halogens is 3. The van der Waals surface area contributed by atoms with Gasteiger partial charge in [-0.15, -0.1) is 11.6 Å². The van der Waals surface area contributed by atoms with Crippen LogP contribution in [0.1, 0.15) is 29.3 Å². The molecule has 0 radical (unpaired) electrons. The molecule has 0 spiro atoms. The minimum atomic E-state index is -0.819. The fraction of sp³-hybridized carbons (Fsp3) is 0.500. The molecule has 2 nitrogen and oxygen atoms in total. The van der Waals surface area contributed by atoms with E-state index in [9.17, 15) is 13.6 Å². The Bertz CT molecular complexity index is 506. The van der Waals surface area contributed by atoms with Crippen molar-refractivity contribution in [2.75, 3.05) is 12.4 Å². The first kappa shape index (κ1) is 14.3. The topological polar surface area (TPSA) is 20.3 Å². The van der Waals surface area contributed by atoms with Crippen molar-refractivity contribution >= 4 is 17.5 Å². The van der Waals surface area contributed by atoms with E-state index < -0.39 is 17.5 Å². The van der Waals surface area contributed by atoms with Crippen LogP contribution in [0.15, 0.2) is 12.1 Å². The predicted molar refractivity (Wildman–Crippen MR) is 70.4 cm³/mol. The van der Waals surface area contributed by atoms with Gasteiger partial charge < -0.3 is 4.90 Å². The van der Waals surface area contributed by atoms with Crippen LogP contribution in [0.4, 0.5) is 8.78 Å². The summed E-state index contributed by atoms with van der Waals surface area (Å²) in [4.78, 5) is 13.9. The van der Waals surface area contributed by atoms with Gasteiger partial charge in [0.05, 0.1) is 5.56 Å². The van der Waals surface area contributed by atoms with Gasteiger partial charge in [0.2, 0.25) is 0 Å². The van der Waals surface area contributed by atoms with Gasteiger partial charge in [-0.25, -0.2) is 8.78 Å². The molecule has 1 aromatic carbocycles. The Morgan fingerprint density at radius 2 is 2.11 bits per heavy atom. The molecule has 1 aliphatic rings. The predicted octanol–water partition coefficient (Wildman–Crippen LogP) is 3.36. The third-order valence-corrected chi connectivity index (χ3v) is 4.10. The van der Waals surface area contributed by atoms with Crippen LogP contribution in [0.2, 0.25) is 0 Å². The SMILES string of the molecule is Cc1cc(C(=O)N2CCC(C)C2CCl)c(F)cc1F. The first-order valence-corrected chi connectivity index (χ1v) is 6.81. The molecule has 19 heavy (non-hydrogen) atoms. The van der Waals surface area contributed by atoms with Crippen molar-refractivity contribution < 1.29 is 13.6 Å². The average molecular weight is 288 g/mol. The highest BCUT2D eigenvalue weighted by Crippen LogP contribution is 2.27. The van der Waals surface area contributed by atoms with Crippen LogP contribution in [0.3, 0.4) is 0 Å². The quantitative estimate of drug-likeness (QED) is 0.764. The van der Waals surface area contributed by atoms with Gasteiger partial charge in [0, 0.05) is 24.5 Å². The summed E-state index contributed by atoms with van der Waals surface area (Å²) >= 11 is 5.88. The third-order valence-electron chi connectivity index (χ3n) is 3.78. The summed E-state index contributed by atoms with van der Waals surface area (Å²) in [6.07, 6.45) is 0.852. The van der Waals surface area contributed by atoms with Crippen LogP contribution in [0.5, 0.6) is 0 Å². The van der Waals surface area contributed by atoms with Crippen molar-refractivity contribution in [3.63, 3.8) is 0 Å². The molecule has 0 N–H and O–H groups in total. The van der Waals surface area contributed by atoms with Gasteiger partial charge in [-0.05, 0) is 30.9 Å². The lowest BCUT2D eigenvalue weighted by molar-refractivity contribution is 0.0732. The highest BCUT2D eigenvalue weighted by atomic mass is 35.5. The molecule has 2 atom stereocenters. The maximum absolute atomic E-state index is 13.7. The lowest BCUT2D eigenvalue weighted by atomic mass is 10.0. The van der Waals surface area contributed by atoms with Gasteiger partial charge in [0.25, 0.3) is 5.91 Å². The molecule has 1 fully saturated rings. The molecule has 0 saturated carbocycles. The summed E-state index contributed by atoms with van der Waals surface area (Å²) in [6.45, 7) is 4.09. The maximum Gasteiger partial charge on any atom is 0.257 e. The monoisotopic (exact) mass is 287 g/mol. The van der Waals surface area contributed by atoms with Crippen LogP contribution in [0, 0.1) is 24.5 Å². The zero-order valence-electron chi connectivity index (χ0n) is 10.9. The van der Waals surface area contributed by atoms with E-state index in [-0.39, 0.29) is 17.2 Å². The van der Waals surface area contributed by atoms with Crippen molar-refractivity contribution in [1.29, 1.82) is 0 Å². The first-order valence-electron chi connectivity index (χ1n) is 6.28. The number of carbonyl (C=O) groups is 1. The Morgan fingerprint density at radius 1 is 1.42 bits per heavy atom. The molecule has 1 amide bonds. The Morgan fingerprint density at radius 3 is 2.74 bits per heavy atom. The lowest BCUT2D eigenvalue weighted by Crippen LogP contribution is -2.39. The van der Waals surface area contributed by atoms with Crippen molar-refractivity contribution in [2.24, 2.45) is 5.92 Å². The summed E-state index contributed by atoms with van der Waals surface area (Å²) in [5.74, 6) is -1.24. The third kappa shape index (κ3) is 2.59. The molecule has 1 aliphatic heterocycles. The van der Waals surface area contributed by atoms with E-state index in [0.29, 0.717) is 18.3 Å². The Kier molecular flexibility index (Phi) is 4.09. The summed E-state index contributed by atoms with van der Waals surface area (Å²) in [6, 6.07) is 1.94. The molecule has 2 rings (SSSR count). The van der Waals surface area contributed by atoms with E-state index >= 15 is 0 Å². The second-order valence-electron chi connectivity index (χ2n) is 5.07. The van der Waals surface area contributed by atoms with Crippen molar-refractivity contribution in [3.8, 4) is 0 Å². The largest absolute Gasteiger partial charge is 0.334 e. The van der Waals surface area contributed by atoms with Gasteiger partial charge in [0.1, 0.15) is 11.6 Å². The summed E-state index contributed by atoms with van der Waals surface area (Å²) < 4.78 is 27.0. The minimum absolute atomic E-state index is 0.0804. The van der Waals surface area contributed by atoms with Crippen molar-refractivity contribution in [3.05, 3.63) is 34.9 Å². The zero-order valence-corrected chi connectivity index (χ0v) is 11.7. The van der Waals surface area contributed by atoms with Gasteiger partial charge in [0.15, 0.2) is 0 Å². The number of hydrogen-bond acceptors (Lipinski definition) is 1. The number of amides is 1. The Balaban J connectivity index is 2.32. The molecule has 1 saturated heterocycles. The molecular formula is C14H16ClF2NO. The number of alkyl halides is 1. The minimum Gasteiger partial charge on any atom is -0.334 e. The van der Waals surface area contributed by atoms with E-state index in [4.69, 9.17) is 11.6 Å². The molecule has 1 aromatic rings. The molecule has 0 aromatic heterocycles. The second-order valence-corrected chi connectivity index (χ2v) is 5.38. The van der Waals surface area contributed by atoms with E-state index in [1.165, 1.54) is 13.0 Å². The number of aryl methyl sites for hydroxylation is 1. The highest BCUT2D eigenvalue weighted by molar-refractivity contribution is 6.18. The van der Waals surface area contributed by atoms with E-state index in [1.807, 2.05) is 6.92 Å². The number of carbonyl (C=O) groups excluding carboxylic acids is 1. The summed E-state index contributed by atoms with van der Waals surface area (Å²) in [5, 5.41) is 0. The molecule has 5 heteroatoms. The molecule has 2 unspecified atom stereocenters. The molecule has 1 heterocycles.